The molecular formula is C55H79N3O11. The van der Waals surface area contributed by atoms with Crippen LogP contribution in [-0.4, -0.2) is 131 Å². The number of esters is 1. The second kappa shape index (κ2) is 22.5. The number of likely N-dealkylation sites (N-methyl/N-ethyl adjacent to an activating group) is 1. The van der Waals surface area contributed by atoms with E-state index in [1.807, 2.05) is 40.0 Å². The number of aromatic nitrogens is 1. The van der Waals surface area contributed by atoms with Gasteiger partial charge in [-0.2, -0.15) is 0 Å². The summed E-state index contributed by atoms with van der Waals surface area (Å²) in [7, 11) is 5.10. The molecule has 1 amide bonds. The molecular weight excluding hydrogens is 879 g/mol. The molecule has 2 aliphatic carbocycles. The van der Waals surface area contributed by atoms with Gasteiger partial charge in [0, 0.05) is 80.8 Å². The average molecular weight is 958 g/mol. The maximum absolute atomic E-state index is 14.6. The van der Waals surface area contributed by atoms with Crippen LogP contribution in [0, 0.1) is 29.6 Å². The molecule has 4 heterocycles. The van der Waals surface area contributed by atoms with Crippen LogP contribution in [0.3, 0.4) is 0 Å². The number of allylic oxidation sites excluding steroid dienone is 4. The largest absolute Gasteiger partial charge is 0.456 e. The number of fused-ring (bicyclic) bond motifs is 4. The van der Waals surface area contributed by atoms with Gasteiger partial charge in [-0.05, 0) is 133 Å². The van der Waals surface area contributed by atoms with Crippen molar-refractivity contribution in [2.24, 2.45) is 29.6 Å². The fourth-order valence-corrected chi connectivity index (χ4v) is 11.9. The van der Waals surface area contributed by atoms with E-state index >= 15 is 0 Å². The minimum Gasteiger partial charge on any atom is -0.456 e. The summed E-state index contributed by atoms with van der Waals surface area (Å²) in [6, 6.07) is 7.96. The maximum atomic E-state index is 14.6. The molecule has 3 N–H and O–H groups in total. The lowest BCUT2D eigenvalue weighted by Crippen LogP contribution is -2.64. The van der Waals surface area contributed by atoms with Crippen molar-refractivity contribution in [1.29, 1.82) is 0 Å². The van der Waals surface area contributed by atoms with Gasteiger partial charge in [-0.1, -0.05) is 44.6 Å². The summed E-state index contributed by atoms with van der Waals surface area (Å²) in [4.78, 5) is 60.9. The highest BCUT2D eigenvalue weighted by Gasteiger charge is 2.56. The number of nitrogens with zero attached hydrogens (tertiary/aromatic N) is 3. The lowest BCUT2D eigenvalue weighted by atomic mass is 9.80. The molecule has 2 saturated carbocycles. The first-order valence-electron chi connectivity index (χ1n) is 25.6. The molecule has 380 valence electrons. The van der Waals surface area contributed by atoms with Gasteiger partial charge in [0.1, 0.15) is 24.0 Å². The van der Waals surface area contributed by atoms with Crippen molar-refractivity contribution in [3.63, 3.8) is 0 Å². The van der Waals surface area contributed by atoms with Crippen molar-refractivity contribution >= 4 is 40.0 Å². The van der Waals surface area contributed by atoms with Crippen LogP contribution in [-0.2, 0) is 38.1 Å². The lowest BCUT2D eigenvalue weighted by Gasteiger charge is -2.47. The number of benzene rings is 1. The highest BCUT2D eigenvalue weighted by molar-refractivity contribution is 6.39. The van der Waals surface area contributed by atoms with Crippen LogP contribution in [0.2, 0.25) is 0 Å². The Labute approximate surface area is 409 Å². The minimum absolute atomic E-state index is 0.00138. The van der Waals surface area contributed by atoms with Crippen molar-refractivity contribution in [2.75, 3.05) is 32.7 Å². The van der Waals surface area contributed by atoms with E-state index in [9.17, 15) is 34.5 Å². The standard InChI is InChI=1S/C55H79N3O11/c1-10-13-39-25-32(2)24-33(3)26-48(66-8)51-49(67-9)28-35(5)55(65,69-51)52(62)53(63)58-22-12-11-14-44(58)54(64)68-50(36(6)45(59)31-46(39)60)34(4)27-37-15-19-43(47(61)29-37)56(7)41-18-20-42-38(30-41)21-23-57(42)40-16-17-40/h10,18,20-21,23,25,27,30,33,35-37,39-40,43-45,47-51,59,61,65H,1,11-17,19,22,24,26,28-29,31H2,2-9H3/b32-25+,34-27?. The average Bonchev–Trinajstić information content (AvgIpc) is 4.09. The highest BCUT2D eigenvalue weighted by Crippen LogP contribution is 2.41. The molecule has 14 atom stereocenters. The third-order valence-corrected chi connectivity index (χ3v) is 16.1. The summed E-state index contributed by atoms with van der Waals surface area (Å²) in [5, 5.41) is 37.0. The highest BCUT2D eigenvalue weighted by atomic mass is 16.7. The van der Waals surface area contributed by atoms with E-state index in [0.717, 1.165) is 17.7 Å². The zero-order valence-corrected chi connectivity index (χ0v) is 42.3. The van der Waals surface area contributed by atoms with Crippen LogP contribution in [0.15, 0.2) is 66.4 Å². The number of rotatable bonds is 9. The Morgan fingerprint density at radius 3 is 2.35 bits per heavy atom. The fourth-order valence-electron chi connectivity index (χ4n) is 11.9. The molecule has 14 unspecified atom stereocenters. The zero-order chi connectivity index (χ0) is 49.9. The van der Waals surface area contributed by atoms with Crippen LogP contribution in [0.4, 0.5) is 5.69 Å². The number of anilines is 1. The summed E-state index contributed by atoms with van der Waals surface area (Å²) in [6.45, 7) is 13.2. The third-order valence-electron chi connectivity index (χ3n) is 16.1. The van der Waals surface area contributed by atoms with Crippen molar-refractivity contribution in [1.82, 2.24) is 9.47 Å². The summed E-state index contributed by atoms with van der Waals surface area (Å²) >= 11 is 0. The number of piperidine rings is 1. The Hall–Kier alpha value is -4.18. The summed E-state index contributed by atoms with van der Waals surface area (Å²) in [5.74, 6) is -7.89. The minimum atomic E-state index is -2.52. The smallest absolute Gasteiger partial charge is 0.329 e. The van der Waals surface area contributed by atoms with Gasteiger partial charge in [0.15, 0.2) is 0 Å². The third kappa shape index (κ3) is 11.6. The van der Waals surface area contributed by atoms with Gasteiger partial charge in [-0.3, -0.25) is 14.4 Å². The summed E-state index contributed by atoms with van der Waals surface area (Å²) in [5.41, 5.74) is 3.87. The van der Waals surface area contributed by atoms with Crippen LogP contribution >= 0.6 is 0 Å². The van der Waals surface area contributed by atoms with Gasteiger partial charge in [0.2, 0.25) is 5.79 Å². The molecule has 4 fully saturated rings. The van der Waals surface area contributed by atoms with Crippen LogP contribution in [0.25, 0.3) is 10.9 Å². The van der Waals surface area contributed by atoms with Gasteiger partial charge in [-0.25, -0.2) is 4.79 Å². The normalized spacial score (nSPS) is 37.0. The molecule has 3 aliphatic heterocycles. The molecule has 2 aromatic rings. The number of aliphatic hydroxyl groups is 3. The monoisotopic (exact) mass is 958 g/mol. The molecule has 0 radical (unpaired) electrons. The number of carbonyl (C=O) groups excluding carboxylic acids is 4. The van der Waals surface area contributed by atoms with Crippen LogP contribution in [0.5, 0.6) is 0 Å². The lowest BCUT2D eigenvalue weighted by molar-refractivity contribution is -0.302. The van der Waals surface area contributed by atoms with Gasteiger partial charge in [0.25, 0.3) is 11.7 Å². The predicted octanol–water partition coefficient (Wildman–Crippen LogP) is 7.42. The molecule has 14 nitrogen and oxygen atoms in total. The number of ketones is 2. The number of Topliss-reactive ketones (excluding diaryl/α,β-unsaturated/α-hetero) is 2. The molecule has 1 aromatic carbocycles. The Bertz CT molecular complexity index is 2230. The Morgan fingerprint density at radius 2 is 1.67 bits per heavy atom. The van der Waals surface area contributed by atoms with Gasteiger partial charge < -0.3 is 48.6 Å². The number of cyclic esters (lactones) is 1. The van der Waals surface area contributed by atoms with Crippen LogP contribution < -0.4 is 4.90 Å². The predicted molar refractivity (Wildman–Crippen MR) is 264 cm³/mol. The van der Waals surface area contributed by atoms with E-state index in [2.05, 4.69) is 46.5 Å². The van der Waals surface area contributed by atoms with Crippen molar-refractivity contribution < 1.29 is 53.4 Å². The molecule has 69 heavy (non-hydrogen) atoms. The fraction of sp³-hybridized carbons (Fsp3) is 0.673. The van der Waals surface area contributed by atoms with Gasteiger partial charge in [0.05, 0.1) is 30.5 Å². The van der Waals surface area contributed by atoms with Crippen molar-refractivity contribution in [3.05, 3.63) is 66.4 Å². The number of aliphatic hydroxyl groups excluding tert-OH is 2. The van der Waals surface area contributed by atoms with E-state index in [1.54, 1.807) is 19.9 Å². The summed E-state index contributed by atoms with van der Waals surface area (Å²) in [6.07, 6.45) is 9.92. The van der Waals surface area contributed by atoms with E-state index in [4.69, 9.17) is 18.9 Å². The molecule has 14 heteroatoms. The number of methoxy groups -OCH3 is 2. The molecule has 2 saturated heterocycles. The summed E-state index contributed by atoms with van der Waals surface area (Å²) < 4.78 is 26.9. The van der Waals surface area contributed by atoms with Crippen molar-refractivity contribution in [3.8, 4) is 0 Å². The SMILES string of the molecule is C=CCC1/C=C(\C)CC(C)CC(OC)C2OC(O)(C(=O)C(=O)N3CCCCC3C(=O)OC(C(C)=CC3CCC(N(C)c4ccc5c(ccn5C5CC5)c4)C(O)C3)C(C)C(O)CC1=O)C(C)CC2OC. The molecule has 2 bridgehead atoms. The number of ether oxygens (including phenoxy) is 4. The number of amides is 1. The first-order valence-corrected chi connectivity index (χ1v) is 25.6. The molecule has 5 aliphatic rings. The number of hydrogen-bond acceptors (Lipinski definition) is 12. The number of carbonyl (C=O) groups is 4. The molecule has 0 spiro atoms. The van der Waals surface area contributed by atoms with Crippen LogP contribution in [0.1, 0.15) is 124 Å². The van der Waals surface area contributed by atoms with Gasteiger partial charge in [-0.15, -0.1) is 6.58 Å². The molecule has 7 rings (SSSR count). The zero-order valence-electron chi connectivity index (χ0n) is 42.3. The molecule has 1 aromatic heterocycles. The maximum Gasteiger partial charge on any atom is 0.329 e. The van der Waals surface area contributed by atoms with E-state index in [1.165, 1.54) is 42.9 Å². The van der Waals surface area contributed by atoms with E-state index in [-0.39, 0.29) is 49.5 Å². The first kappa shape index (κ1) is 52.6. The quantitative estimate of drug-likeness (QED) is 0.129. The Morgan fingerprint density at radius 1 is 0.942 bits per heavy atom. The Balaban J connectivity index is 1.16. The second-order valence-corrected chi connectivity index (χ2v) is 21.4. The second-order valence-electron chi connectivity index (χ2n) is 21.4. The van der Waals surface area contributed by atoms with E-state index in [0.29, 0.717) is 56.6 Å². The number of hydrogen-bond donors (Lipinski definition) is 3. The van der Waals surface area contributed by atoms with Crippen molar-refractivity contribution in [2.45, 2.75) is 179 Å². The van der Waals surface area contributed by atoms with E-state index < -0.39 is 83.9 Å². The Kier molecular flexibility index (Phi) is 17.2. The topological polar surface area (TPSA) is 177 Å². The van der Waals surface area contributed by atoms with Gasteiger partial charge >= 0.3 is 5.97 Å². The first-order chi connectivity index (χ1) is 32.9.